The van der Waals surface area contributed by atoms with Gasteiger partial charge in [0.2, 0.25) is 0 Å². The maximum absolute atomic E-state index is 12.0. The standard InChI is InChI=1S/C12H14N4OS/c1-7(9-4-3-5-10(13)6-9)14-12(17)11-8(2)15-16-18-11/h3-7H,13H2,1-2H3,(H,14,17). The highest BCUT2D eigenvalue weighted by Gasteiger charge is 2.16. The Hall–Kier alpha value is -1.95. The van der Waals surface area contributed by atoms with Crippen LogP contribution in [0.3, 0.4) is 0 Å². The summed E-state index contributed by atoms with van der Waals surface area (Å²) in [6.07, 6.45) is 0. The van der Waals surface area contributed by atoms with Gasteiger partial charge in [0.25, 0.3) is 5.91 Å². The average Bonchev–Trinajstić information content (AvgIpc) is 2.75. The highest BCUT2D eigenvalue weighted by atomic mass is 32.1. The fourth-order valence-electron chi connectivity index (χ4n) is 1.61. The number of rotatable bonds is 3. The molecule has 1 heterocycles. The second kappa shape index (κ2) is 5.14. The lowest BCUT2D eigenvalue weighted by atomic mass is 10.1. The minimum atomic E-state index is -0.155. The summed E-state index contributed by atoms with van der Waals surface area (Å²) in [7, 11) is 0. The number of hydrogen-bond acceptors (Lipinski definition) is 5. The number of aromatic nitrogens is 2. The third-order valence-electron chi connectivity index (χ3n) is 2.62. The van der Waals surface area contributed by atoms with Gasteiger partial charge < -0.3 is 11.1 Å². The quantitative estimate of drug-likeness (QED) is 0.828. The normalized spacial score (nSPS) is 12.1. The number of carbonyl (C=O) groups excluding carboxylic acids is 1. The van der Waals surface area contributed by atoms with Gasteiger partial charge in [0.15, 0.2) is 0 Å². The molecule has 0 saturated heterocycles. The van der Waals surface area contributed by atoms with Gasteiger partial charge in [-0.1, -0.05) is 16.6 Å². The lowest BCUT2D eigenvalue weighted by Gasteiger charge is -2.14. The van der Waals surface area contributed by atoms with E-state index in [1.807, 2.05) is 31.2 Å². The second-order valence-corrected chi connectivity index (χ2v) is 4.81. The first-order chi connectivity index (χ1) is 8.58. The van der Waals surface area contributed by atoms with E-state index in [9.17, 15) is 4.79 Å². The number of nitrogens with one attached hydrogen (secondary N) is 1. The fraction of sp³-hybridized carbons (Fsp3) is 0.250. The van der Waals surface area contributed by atoms with Gasteiger partial charge in [-0.3, -0.25) is 4.79 Å². The molecular weight excluding hydrogens is 248 g/mol. The Labute approximate surface area is 109 Å². The van der Waals surface area contributed by atoms with Gasteiger partial charge in [0.1, 0.15) is 4.88 Å². The first-order valence-electron chi connectivity index (χ1n) is 5.53. The van der Waals surface area contributed by atoms with Gasteiger partial charge in [0, 0.05) is 5.69 Å². The molecule has 3 N–H and O–H groups in total. The molecule has 2 rings (SSSR count). The van der Waals surface area contributed by atoms with Crippen molar-refractivity contribution in [3.05, 3.63) is 40.4 Å². The van der Waals surface area contributed by atoms with Crippen LogP contribution in [-0.4, -0.2) is 15.5 Å². The predicted molar refractivity (Wildman–Crippen MR) is 71.4 cm³/mol. The van der Waals surface area contributed by atoms with Crippen molar-refractivity contribution in [2.75, 3.05) is 5.73 Å². The molecule has 18 heavy (non-hydrogen) atoms. The highest BCUT2D eigenvalue weighted by Crippen LogP contribution is 2.17. The van der Waals surface area contributed by atoms with Crippen molar-refractivity contribution in [1.82, 2.24) is 14.9 Å². The number of nitrogens with two attached hydrogens (primary N) is 1. The molecule has 0 aliphatic carbocycles. The van der Waals surface area contributed by atoms with Crippen LogP contribution in [0.4, 0.5) is 5.69 Å². The number of nitrogens with zero attached hydrogens (tertiary/aromatic N) is 2. The first-order valence-corrected chi connectivity index (χ1v) is 6.30. The molecule has 0 aliphatic heterocycles. The van der Waals surface area contributed by atoms with E-state index in [-0.39, 0.29) is 11.9 Å². The topological polar surface area (TPSA) is 80.9 Å². The molecule has 1 aromatic heterocycles. The van der Waals surface area contributed by atoms with Crippen molar-refractivity contribution >= 4 is 23.1 Å². The highest BCUT2D eigenvalue weighted by molar-refractivity contribution is 7.08. The smallest absolute Gasteiger partial charge is 0.265 e. The van der Waals surface area contributed by atoms with E-state index in [1.54, 1.807) is 6.92 Å². The Balaban J connectivity index is 2.10. The summed E-state index contributed by atoms with van der Waals surface area (Å²) in [5, 5.41) is 6.72. The number of amides is 1. The molecule has 0 bridgehead atoms. The van der Waals surface area contributed by atoms with Crippen molar-refractivity contribution < 1.29 is 4.79 Å². The van der Waals surface area contributed by atoms with Crippen LogP contribution in [-0.2, 0) is 0 Å². The summed E-state index contributed by atoms with van der Waals surface area (Å²) < 4.78 is 3.75. The molecule has 1 amide bonds. The monoisotopic (exact) mass is 262 g/mol. The van der Waals surface area contributed by atoms with Crippen LogP contribution in [0.2, 0.25) is 0 Å². The molecule has 2 aromatic rings. The Morgan fingerprint density at radius 3 is 2.89 bits per heavy atom. The molecule has 1 aromatic carbocycles. The van der Waals surface area contributed by atoms with Crippen LogP contribution >= 0.6 is 11.5 Å². The predicted octanol–water partition coefficient (Wildman–Crippen LogP) is 1.92. The van der Waals surface area contributed by atoms with E-state index in [2.05, 4.69) is 14.9 Å². The molecule has 94 valence electrons. The minimum absolute atomic E-state index is 0.109. The zero-order valence-electron chi connectivity index (χ0n) is 10.2. The molecule has 1 atom stereocenters. The molecular formula is C12H14N4OS. The fourth-order valence-corrected chi connectivity index (χ4v) is 2.17. The second-order valence-electron chi connectivity index (χ2n) is 4.05. The number of carbonyl (C=O) groups is 1. The van der Waals surface area contributed by atoms with E-state index in [0.717, 1.165) is 17.1 Å². The Kier molecular flexibility index (Phi) is 3.57. The van der Waals surface area contributed by atoms with E-state index >= 15 is 0 Å². The number of hydrogen-bond donors (Lipinski definition) is 2. The van der Waals surface area contributed by atoms with Crippen molar-refractivity contribution in [2.24, 2.45) is 0 Å². The molecule has 0 aliphatic rings. The lowest BCUT2D eigenvalue weighted by molar-refractivity contribution is 0.0943. The van der Waals surface area contributed by atoms with Gasteiger partial charge in [-0.25, -0.2) is 0 Å². The number of anilines is 1. The largest absolute Gasteiger partial charge is 0.399 e. The van der Waals surface area contributed by atoms with Gasteiger partial charge in [-0.2, -0.15) is 0 Å². The molecule has 5 nitrogen and oxygen atoms in total. The van der Waals surface area contributed by atoms with Crippen LogP contribution in [0.5, 0.6) is 0 Å². The van der Waals surface area contributed by atoms with E-state index in [0.29, 0.717) is 16.3 Å². The lowest BCUT2D eigenvalue weighted by Crippen LogP contribution is -2.26. The summed E-state index contributed by atoms with van der Waals surface area (Å²) in [6.45, 7) is 3.68. The van der Waals surface area contributed by atoms with Gasteiger partial charge >= 0.3 is 0 Å². The summed E-state index contributed by atoms with van der Waals surface area (Å²) in [4.78, 5) is 12.5. The van der Waals surface area contributed by atoms with Crippen LogP contribution in [0.1, 0.15) is 33.9 Å². The summed E-state index contributed by atoms with van der Waals surface area (Å²) >= 11 is 1.10. The van der Waals surface area contributed by atoms with Gasteiger partial charge in [-0.05, 0) is 43.1 Å². The molecule has 0 fully saturated rings. The maximum atomic E-state index is 12.0. The van der Waals surface area contributed by atoms with Crippen LogP contribution in [0.25, 0.3) is 0 Å². The van der Waals surface area contributed by atoms with Crippen molar-refractivity contribution in [1.29, 1.82) is 0 Å². The van der Waals surface area contributed by atoms with E-state index < -0.39 is 0 Å². The van der Waals surface area contributed by atoms with E-state index in [4.69, 9.17) is 5.73 Å². The Morgan fingerprint density at radius 2 is 2.28 bits per heavy atom. The Morgan fingerprint density at radius 1 is 1.50 bits per heavy atom. The third-order valence-corrected chi connectivity index (χ3v) is 3.44. The third kappa shape index (κ3) is 2.65. The SMILES string of the molecule is Cc1nnsc1C(=O)NC(C)c1cccc(N)c1. The molecule has 0 spiro atoms. The zero-order valence-corrected chi connectivity index (χ0v) is 11.0. The van der Waals surface area contributed by atoms with E-state index in [1.165, 1.54) is 0 Å². The van der Waals surface area contributed by atoms with Gasteiger partial charge in [-0.15, -0.1) is 5.10 Å². The van der Waals surface area contributed by atoms with Gasteiger partial charge in [0.05, 0.1) is 11.7 Å². The number of nitrogen functional groups attached to an aromatic ring is 1. The first kappa shape index (κ1) is 12.5. The molecule has 0 saturated carbocycles. The molecule has 0 radical (unpaired) electrons. The molecule has 6 heteroatoms. The average molecular weight is 262 g/mol. The Bertz CT molecular complexity index is 567. The summed E-state index contributed by atoms with van der Waals surface area (Å²) in [5.41, 5.74) is 8.02. The van der Waals surface area contributed by atoms with Crippen molar-refractivity contribution in [3.63, 3.8) is 0 Å². The molecule has 1 unspecified atom stereocenters. The van der Waals surface area contributed by atoms with Crippen molar-refractivity contribution in [2.45, 2.75) is 19.9 Å². The number of aryl methyl sites for hydroxylation is 1. The van der Waals surface area contributed by atoms with Crippen molar-refractivity contribution in [3.8, 4) is 0 Å². The number of benzene rings is 1. The summed E-state index contributed by atoms with van der Waals surface area (Å²) in [6, 6.07) is 7.35. The van der Waals surface area contributed by atoms with Crippen LogP contribution in [0.15, 0.2) is 24.3 Å². The van der Waals surface area contributed by atoms with Crippen LogP contribution in [0, 0.1) is 6.92 Å². The minimum Gasteiger partial charge on any atom is -0.399 e. The zero-order chi connectivity index (χ0) is 13.1. The maximum Gasteiger partial charge on any atom is 0.265 e. The van der Waals surface area contributed by atoms with Crippen LogP contribution < -0.4 is 11.1 Å². The summed E-state index contributed by atoms with van der Waals surface area (Å²) in [5.74, 6) is -0.155.